The minimum atomic E-state index is 0.715. The maximum absolute atomic E-state index is 6.05. The third-order valence-electron chi connectivity index (χ3n) is 5.72. The molecule has 0 N–H and O–H groups in total. The molecule has 0 radical (unpaired) electrons. The zero-order chi connectivity index (χ0) is 19.6. The van der Waals surface area contributed by atoms with Gasteiger partial charge in [-0.3, -0.25) is 0 Å². The second-order valence-corrected chi connectivity index (χ2v) is 8.41. The van der Waals surface area contributed by atoms with Gasteiger partial charge in [-0.05, 0) is 73.2 Å². The van der Waals surface area contributed by atoms with Crippen LogP contribution in [0.5, 0.6) is 5.75 Å². The highest BCUT2D eigenvalue weighted by Crippen LogP contribution is 2.32. The van der Waals surface area contributed by atoms with Crippen molar-refractivity contribution in [3.63, 3.8) is 0 Å². The molecule has 0 spiro atoms. The maximum atomic E-state index is 6.05. The summed E-state index contributed by atoms with van der Waals surface area (Å²) in [4.78, 5) is 0. The predicted octanol–water partition coefficient (Wildman–Crippen LogP) is 7.51. The van der Waals surface area contributed by atoms with Crippen LogP contribution in [0.15, 0.2) is 48.5 Å². The van der Waals surface area contributed by atoms with Crippen molar-refractivity contribution in [3.05, 3.63) is 64.7 Å². The van der Waals surface area contributed by atoms with E-state index < -0.39 is 0 Å². The molecular formula is C26H31ClO. The van der Waals surface area contributed by atoms with Gasteiger partial charge in [0.15, 0.2) is 0 Å². The highest BCUT2D eigenvalue weighted by molar-refractivity contribution is 6.30. The van der Waals surface area contributed by atoms with Crippen LogP contribution in [0.1, 0.15) is 69.4 Å². The molecule has 0 aromatic heterocycles. The van der Waals surface area contributed by atoms with E-state index in [4.69, 9.17) is 16.3 Å². The van der Waals surface area contributed by atoms with Gasteiger partial charge < -0.3 is 4.74 Å². The fourth-order valence-corrected chi connectivity index (χ4v) is 4.02. The van der Waals surface area contributed by atoms with E-state index in [2.05, 4.69) is 18.8 Å². The van der Waals surface area contributed by atoms with Gasteiger partial charge in [0.1, 0.15) is 5.75 Å². The summed E-state index contributed by atoms with van der Waals surface area (Å²) in [7, 11) is 0. The van der Waals surface area contributed by atoms with Crippen molar-refractivity contribution in [3.8, 4) is 17.6 Å². The Morgan fingerprint density at radius 3 is 2.00 bits per heavy atom. The molecule has 28 heavy (non-hydrogen) atoms. The van der Waals surface area contributed by atoms with E-state index in [9.17, 15) is 0 Å². The van der Waals surface area contributed by atoms with Gasteiger partial charge in [0.25, 0.3) is 0 Å². The van der Waals surface area contributed by atoms with Crippen LogP contribution in [0.25, 0.3) is 0 Å². The van der Waals surface area contributed by atoms with E-state index in [1.165, 1.54) is 51.4 Å². The van der Waals surface area contributed by atoms with Gasteiger partial charge in [-0.2, -0.15) is 0 Å². The van der Waals surface area contributed by atoms with Crippen LogP contribution >= 0.6 is 11.6 Å². The van der Waals surface area contributed by atoms with E-state index in [1.807, 2.05) is 48.5 Å². The standard InChI is InChI=1S/C26H31ClO/c1-2-3-4-5-21-8-10-24(11-9-21)20-28-26-18-14-23(15-19-26)7-6-22-12-16-25(27)17-13-22/h12-19,21,24H,2-5,8-11,20H2,1H3. The third kappa shape index (κ3) is 6.92. The Morgan fingerprint density at radius 2 is 1.39 bits per heavy atom. The maximum Gasteiger partial charge on any atom is 0.119 e. The van der Waals surface area contributed by atoms with Crippen LogP contribution in [0.4, 0.5) is 0 Å². The van der Waals surface area contributed by atoms with E-state index in [-0.39, 0.29) is 0 Å². The second kappa shape index (κ2) is 11.2. The summed E-state index contributed by atoms with van der Waals surface area (Å²) in [6, 6.07) is 15.7. The van der Waals surface area contributed by atoms with Crippen LogP contribution in [0.2, 0.25) is 5.02 Å². The zero-order valence-corrected chi connectivity index (χ0v) is 17.7. The lowest BCUT2D eigenvalue weighted by Gasteiger charge is -2.28. The summed E-state index contributed by atoms with van der Waals surface area (Å²) < 4.78 is 6.05. The minimum absolute atomic E-state index is 0.715. The minimum Gasteiger partial charge on any atom is -0.493 e. The first kappa shape index (κ1) is 20.8. The predicted molar refractivity (Wildman–Crippen MR) is 119 cm³/mol. The van der Waals surface area contributed by atoms with Crippen molar-refractivity contribution in [1.29, 1.82) is 0 Å². The van der Waals surface area contributed by atoms with Gasteiger partial charge in [-0.15, -0.1) is 0 Å². The smallest absolute Gasteiger partial charge is 0.119 e. The average molecular weight is 395 g/mol. The summed E-state index contributed by atoms with van der Waals surface area (Å²) >= 11 is 5.90. The first-order valence-corrected chi connectivity index (χ1v) is 11.1. The third-order valence-corrected chi connectivity index (χ3v) is 5.97. The van der Waals surface area contributed by atoms with Gasteiger partial charge in [-0.1, -0.05) is 68.9 Å². The molecule has 0 bridgehead atoms. The van der Waals surface area contributed by atoms with Gasteiger partial charge in [0, 0.05) is 16.1 Å². The number of rotatable bonds is 7. The van der Waals surface area contributed by atoms with Crippen LogP contribution in [0.3, 0.4) is 0 Å². The van der Waals surface area contributed by atoms with E-state index in [0.717, 1.165) is 34.4 Å². The molecule has 0 heterocycles. The molecule has 1 fully saturated rings. The van der Waals surface area contributed by atoms with Gasteiger partial charge in [0.05, 0.1) is 6.61 Å². The molecule has 3 rings (SSSR count). The van der Waals surface area contributed by atoms with Crippen molar-refractivity contribution < 1.29 is 4.74 Å². The molecular weight excluding hydrogens is 364 g/mol. The Hall–Kier alpha value is -1.91. The van der Waals surface area contributed by atoms with Gasteiger partial charge >= 0.3 is 0 Å². The number of halogens is 1. The fraction of sp³-hybridized carbons (Fsp3) is 0.462. The molecule has 1 saturated carbocycles. The van der Waals surface area contributed by atoms with Gasteiger partial charge in [0.2, 0.25) is 0 Å². The number of unbranched alkanes of at least 4 members (excludes halogenated alkanes) is 2. The molecule has 1 aliphatic rings. The van der Waals surface area contributed by atoms with E-state index in [0.29, 0.717) is 5.92 Å². The highest BCUT2D eigenvalue weighted by Gasteiger charge is 2.21. The second-order valence-electron chi connectivity index (χ2n) is 7.97. The average Bonchev–Trinajstić information content (AvgIpc) is 2.74. The molecule has 2 aromatic rings. The number of ether oxygens (including phenoxy) is 1. The van der Waals surface area contributed by atoms with Crippen molar-refractivity contribution in [1.82, 2.24) is 0 Å². The van der Waals surface area contributed by atoms with Crippen molar-refractivity contribution in [2.24, 2.45) is 11.8 Å². The molecule has 148 valence electrons. The quantitative estimate of drug-likeness (QED) is 0.348. The normalized spacial score (nSPS) is 18.9. The van der Waals surface area contributed by atoms with Crippen LogP contribution < -0.4 is 4.74 Å². The Labute approximate surface area is 175 Å². The lowest BCUT2D eigenvalue weighted by Crippen LogP contribution is -2.20. The molecule has 0 unspecified atom stereocenters. The Morgan fingerprint density at radius 1 is 0.821 bits per heavy atom. The number of hydrogen-bond acceptors (Lipinski definition) is 1. The number of benzene rings is 2. The molecule has 0 atom stereocenters. The summed E-state index contributed by atoms with van der Waals surface area (Å²) in [5.74, 6) is 8.97. The topological polar surface area (TPSA) is 9.23 Å². The van der Waals surface area contributed by atoms with E-state index >= 15 is 0 Å². The zero-order valence-electron chi connectivity index (χ0n) is 16.9. The summed E-state index contributed by atoms with van der Waals surface area (Å²) in [6.45, 7) is 3.13. The monoisotopic (exact) mass is 394 g/mol. The number of hydrogen-bond donors (Lipinski definition) is 0. The summed E-state index contributed by atoms with van der Waals surface area (Å²) in [5, 5.41) is 0.733. The molecule has 2 heteroatoms. The summed E-state index contributed by atoms with van der Waals surface area (Å²) in [5.41, 5.74) is 1.96. The largest absolute Gasteiger partial charge is 0.493 e. The molecule has 1 nitrogen and oxygen atoms in total. The highest BCUT2D eigenvalue weighted by atomic mass is 35.5. The van der Waals surface area contributed by atoms with Gasteiger partial charge in [-0.25, -0.2) is 0 Å². The molecule has 2 aromatic carbocycles. The molecule has 0 saturated heterocycles. The van der Waals surface area contributed by atoms with Crippen LogP contribution in [-0.4, -0.2) is 6.61 Å². The fourth-order valence-electron chi connectivity index (χ4n) is 3.90. The van der Waals surface area contributed by atoms with Crippen LogP contribution in [-0.2, 0) is 0 Å². The molecule has 0 aliphatic heterocycles. The van der Waals surface area contributed by atoms with Crippen molar-refractivity contribution >= 4 is 11.6 Å². The Balaban J connectivity index is 1.41. The lowest BCUT2D eigenvalue weighted by molar-refractivity contribution is 0.177. The van der Waals surface area contributed by atoms with Crippen molar-refractivity contribution in [2.75, 3.05) is 6.61 Å². The van der Waals surface area contributed by atoms with Crippen molar-refractivity contribution in [2.45, 2.75) is 58.3 Å². The lowest BCUT2D eigenvalue weighted by atomic mass is 9.80. The van der Waals surface area contributed by atoms with Crippen LogP contribution in [0, 0.1) is 23.7 Å². The van der Waals surface area contributed by atoms with E-state index in [1.54, 1.807) is 0 Å². The summed E-state index contributed by atoms with van der Waals surface area (Å²) in [6.07, 6.45) is 11.0. The Bertz CT molecular complexity index is 759. The first-order valence-electron chi connectivity index (χ1n) is 10.7. The molecule has 0 amide bonds. The molecule has 1 aliphatic carbocycles. The first-order chi connectivity index (χ1) is 13.7. The SMILES string of the molecule is CCCCCC1CCC(COc2ccc(C#Cc3ccc(Cl)cc3)cc2)CC1. The Kier molecular flexibility index (Phi) is 8.31.